The number of hydrogen-bond acceptors (Lipinski definition) is 4. The zero-order chi connectivity index (χ0) is 8.85. The van der Waals surface area contributed by atoms with Gasteiger partial charge in [-0.2, -0.15) is 0 Å². The van der Waals surface area contributed by atoms with Crippen LogP contribution in [0.5, 0.6) is 0 Å². The molecular formula is C7H12O4. The van der Waals surface area contributed by atoms with Crippen molar-refractivity contribution in [2.45, 2.75) is 26.4 Å². The second kappa shape index (κ2) is 4.85. The molecule has 1 unspecified atom stereocenters. The van der Waals surface area contributed by atoms with Crippen molar-refractivity contribution in [2.75, 3.05) is 6.61 Å². The fourth-order valence-corrected chi connectivity index (χ4v) is 0.391. The van der Waals surface area contributed by atoms with Crippen molar-refractivity contribution in [3.05, 3.63) is 0 Å². The summed E-state index contributed by atoms with van der Waals surface area (Å²) in [6.45, 7) is 2.78. The Morgan fingerprint density at radius 1 is 1.55 bits per heavy atom. The molecule has 1 N–H and O–H groups in total. The first-order valence-electron chi connectivity index (χ1n) is 3.43. The zero-order valence-electron chi connectivity index (χ0n) is 6.66. The second-order valence-electron chi connectivity index (χ2n) is 2.22. The number of carbonyl (C=O) groups is 2. The van der Waals surface area contributed by atoms with Crippen LogP contribution < -0.4 is 0 Å². The van der Waals surface area contributed by atoms with Gasteiger partial charge in [0, 0.05) is 6.92 Å². The molecule has 0 aliphatic carbocycles. The predicted molar refractivity (Wildman–Crippen MR) is 37.9 cm³/mol. The topological polar surface area (TPSA) is 63.6 Å². The van der Waals surface area contributed by atoms with Crippen molar-refractivity contribution >= 4 is 11.8 Å². The summed E-state index contributed by atoms with van der Waals surface area (Å²) in [5, 5.41) is 8.90. The van der Waals surface area contributed by atoms with Gasteiger partial charge in [0.25, 0.3) is 0 Å². The van der Waals surface area contributed by atoms with Gasteiger partial charge in [0.05, 0.1) is 6.10 Å². The lowest BCUT2D eigenvalue weighted by molar-refractivity contribution is -0.155. The number of rotatable bonds is 4. The molecule has 0 radical (unpaired) electrons. The SMILES string of the molecule is CCC(O)COC(=O)C(C)=O. The molecule has 0 spiro atoms. The van der Waals surface area contributed by atoms with Gasteiger partial charge in [-0.3, -0.25) is 4.79 Å². The summed E-state index contributed by atoms with van der Waals surface area (Å²) >= 11 is 0. The van der Waals surface area contributed by atoms with E-state index in [0.717, 1.165) is 6.92 Å². The van der Waals surface area contributed by atoms with E-state index in [1.165, 1.54) is 0 Å². The van der Waals surface area contributed by atoms with Crippen LogP contribution in [0.4, 0.5) is 0 Å². The van der Waals surface area contributed by atoms with Crippen molar-refractivity contribution in [3.63, 3.8) is 0 Å². The summed E-state index contributed by atoms with van der Waals surface area (Å²) in [4.78, 5) is 20.8. The largest absolute Gasteiger partial charge is 0.457 e. The smallest absolute Gasteiger partial charge is 0.374 e. The number of aliphatic hydroxyl groups is 1. The lowest BCUT2D eigenvalue weighted by atomic mass is 10.3. The van der Waals surface area contributed by atoms with Crippen LogP contribution in [0.15, 0.2) is 0 Å². The van der Waals surface area contributed by atoms with E-state index in [0.29, 0.717) is 6.42 Å². The first-order chi connectivity index (χ1) is 5.07. The minimum Gasteiger partial charge on any atom is -0.457 e. The van der Waals surface area contributed by atoms with E-state index in [9.17, 15) is 9.59 Å². The van der Waals surface area contributed by atoms with Crippen molar-refractivity contribution in [3.8, 4) is 0 Å². The van der Waals surface area contributed by atoms with E-state index in [1.54, 1.807) is 6.92 Å². The number of ether oxygens (including phenoxy) is 1. The molecule has 0 aliphatic heterocycles. The molecule has 64 valence electrons. The van der Waals surface area contributed by atoms with Crippen LogP contribution in [0.3, 0.4) is 0 Å². The van der Waals surface area contributed by atoms with Gasteiger partial charge < -0.3 is 9.84 Å². The third-order valence-electron chi connectivity index (χ3n) is 1.17. The van der Waals surface area contributed by atoms with Gasteiger partial charge in [-0.25, -0.2) is 4.79 Å². The van der Waals surface area contributed by atoms with E-state index in [4.69, 9.17) is 5.11 Å². The Balaban J connectivity index is 3.54. The van der Waals surface area contributed by atoms with E-state index in [-0.39, 0.29) is 6.61 Å². The van der Waals surface area contributed by atoms with E-state index in [1.807, 2.05) is 0 Å². The Hall–Kier alpha value is -0.900. The van der Waals surface area contributed by atoms with Gasteiger partial charge in [0.2, 0.25) is 5.78 Å². The summed E-state index contributed by atoms with van der Waals surface area (Å²) in [7, 11) is 0. The molecule has 0 heterocycles. The highest BCUT2D eigenvalue weighted by molar-refractivity contribution is 6.32. The molecule has 4 nitrogen and oxygen atoms in total. The Labute approximate surface area is 65.2 Å². The van der Waals surface area contributed by atoms with Gasteiger partial charge in [0.15, 0.2) is 0 Å². The number of hydrogen-bond donors (Lipinski definition) is 1. The molecule has 0 saturated carbocycles. The average Bonchev–Trinajstić information content (AvgIpc) is 1.99. The standard InChI is InChI=1S/C7H12O4/c1-3-6(9)4-11-7(10)5(2)8/h6,9H,3-4H2,1-2H3. The van der Waals surface area contributed by atoms with Crippen molar-refractivity contribution in [1.82, 2.24) is 0 Å². The number of esters is 1. The predicted octanol–water partition coefficient (Wildman–Crippen LogP) is -0.111. The highest BCUT2D eigenvalue weighted by atomic mass is 16.5. The molecule has 1 atom stereocenters. The summed E-state index contributed by atoms with van der Waals surface area (Å²) in [5.74, 6) is -1.54. The van der Waals surface area contributed by atoms with Gasteiger partial charge in [0.1, 0.15) is 6.61 Å². The van der Waals surface area contributed by atoms with Crippen LogP contribution in [0.1, 0.15) is 20.3 Å². The minimum absolute atomic E-state index is 0.102. The fourth-order valence-electron chi connectivity index (χ4n) is 0.391. The van der Waals surface area contributed by atoms with Gasteiger partial charge >= 0.3 is 5.97 Å². The van der Waals surface area contributed by atoms with Crippen LogP contribution in [0, 0.1) is 0 Å². The molecule has 0 amide bonds. The molecule has 4 heteroatoms. The molecule has 0 aromatic carbocycles. The molecule has 0 rings (SSSR count). The molecular weight excluding hydrogens is 148 g/mol. The number of aliphatic hydroxyl groups excluding tert-OH is 1. The zero-order valence-corrected chi connectivity index (χ0v) is 6.66. The maximum atomic E-state index is 10.5. The third kappa shape index (κ3) is 4.50. The highest BCUT2D eigenvalue weighted by Gasteiger charge is 2.10. The summed E-state index contributed by atoms with van der Waals surface area (Å²) in [6.07, 6.45) is -0.163. The monoisotopic (exact) mass is 160 g/mol. The fraction of sp³-hybridized carbons (Fsp3) is 0.714. The van der Waals surface area contributed by atoms with Crippen molar-refractivity contribution in [1.29, 1.82) is 0 Å². The third-order valence-corrected chi connectivity index (χ3v) is 1.17. The molecule has 0 fully saturated rings. The van der Waals surface area contributed by atoms with E-state index in [2.05, 4.69) is 4.74 Å². The average molecular weight is 160 g/mol. The maximum absolute atomic E-state index is 10.5. The molecule has 0 aliphatic rings. The lowest BCUT2D eigenvalue weighted by Crippen LogP contribution is -2.21. The van der Waals surface area contributed by atoms with Crippen molar-refractivity contribution < 1.29 is 19.4 Å². The van der Waals surface area contributed by atoms with E-state index < -0.39 is 17.9 Å². The normalized spacial score (nSPS) is 12.3. The highest BCUT2D eigenvalue weighted by Crippen LogP contribution is 1.91. The van der Waals surface area contributed by atoms with Gasteiger partial charge in [-0.15, -0.1) is 0 Å². The maximum Gasteiger partial charge on any atom is 0.374 e. The first-order valence-corrected chi connectivity index (χ1v) is 3.43. The molecule has 0 aromatic rings. The number of ketones is 1. The quantitative estimate of drug-likeness (QED) is 0.460. The Kier molecular flexibility index (Phi) is 4.45. The molecule has 0 aromatic heterocycles. The number of carbonyl (C=O) groups excluding carboxylic acids is 2. The Morgan fingerprint density at radius 2 is 2.09 bits per heavy atom. The Bertz CT molecular complexity index is 153. The van der Waals surface area contributed by atoms with Crippen LogP contribution >= 0.6 is 0 Å². The van der Waals surface area contributed by atoms with Crippen LogP contribution in [-0.4, -0.2) is 29.6 Å². The summed E-state index contributed by atoms with van der Waals surface area (Å²) in [6, 6.07) is 0. The summed E-state index contributed by atoms with van der Waals surface area (Å²) in [5.41, 5.74) is 0. The van der Waals surface area contributed by atoms with Crippen LogP contribution in [0.2, 0.25) is 0 Å². The van der Waals surface area contributed by atoms with E-state index >= 15 is 0 Å². The van der Waals surface area contributed by atoms with Gasteiger partial charge in [-0.1, -0.05) is 6.92 Å². The van der Waals surface area contributed by atoms with Crippen LogP contribution in [-0.2, 0) is 14.3 Å². The summed E-state index contributed by atoms with van der Waals surface area (Å²) < 4.78 is 4.42. The minimum atomic E-state index is -0.891. The van der Waals surface area contributed by atoms with Crippen molar-refractivity contribution in [2.24, 2.45) is 0 Å². The van der Waals surface area contributed by atoms with Gasteiger partial charge in [-0.05, 0) is 6.42 Å². The lowest BCUT2D eigenvalue weighted by Gasteiger charge is -2.06. The van der Waals surface area contributed by atoms with Crippen LogP contribution in [0.25, 0.3) is 0 Å². The molecule has 0 saturated heterocycles. The molecule has 11 heavy (non-hydrogen) atoms. The number of Topliss-reactive ketones (excluding diaryl/α,β-unsaturated/α-hetero) is 1. The first kappa shape index (κ1) is 10.1. The molecule has 0 bridgehead atoms. The Morgan fingerprint density at radius 3 is 2.45 bits per heavy atom. The second-order valence-corrected chi connectivity index (χ2v) is 2.22.